The first kappa shape index (κ1) is 27.7. The van der Waals surface area contributed by atoms with E-state index in [9.17, 15) is 23.5 Å². The van der Waals surface area contributed by atoms with Crippen molar-refractivity contribution in [1.29, 1.82) is 0 Å². The first-order valence-corrected chi connectivity index (χ1v) is 14.3. The third-order valence-corrected chi connectivity index (χ3v) is 9.16. The number of carbonyl (C=O) groups is 1. The molecule has 1 N–H and O–H groups in total. The maximum Gasteiger partial charge on any atom is 0.278 e. The molecule has 218 valence electrons. The second-order valence-corrected chi connectivity index (χ2v) is 11.5. The van der Waals surface area contributed by atoms with Gasteiger partial charge in [-0.25, -0.2) is 18.7 Å². The SMILES string of the molecule is CCN1C(=O)c2c(O)c(=O)c(-c3nnc(Cc4ccc(F)cc4F)s3)cn2N(C)C12CCN(c1ncccn1)CC2C. The lowest BCUT2D eigenvalue weighted by atomic mass is 9.83. The number of aromatic nitrogens is 5. The van der Waals surface area contributed by atoms with Crippen molar-refractivity contribution in [2.75, 3.05) is 36.6 Å². The molecule has 0 aliphatic carbocycles. The first-order valence-electron chi connectivity index (χ1n) is 13.5. The molecule has 0 saturated carbocycles. The number of nitrogens with zero attached hydrogens (tertiary/aromatic N) is 8. The third-order valence-electron chi connectivity index (χ3n) is 8.20. The van der Waals surface area contributed by atoms with Crippen LogP contribution in [0.25, 0.3) is 10.6 Å². The number of piperidine rings is 1. The fraction of sp³-hybridized carbons (Fsp3) is 0.357. The third kappa shape index (κ3) is 4.28. The van der Waals surface area contributed by atoms with Crippen molar-refractivity contribution in [3.05, 3.63) is 81.0 Å². The largest absolute Gasteiger partial charge is 0.502 e. The Bertz CT molecular complexity index is 1730. The molecule has 1 saturated heterocycles. The topological polar surface area (TPSA) is 121 Å². The van der Waals surface area contributed by atoms with E-state index in [1.807, 2.05) is 19.0 Å². The van der Waals surface area contributed by atoms with Gasteiger partial charge in [0.25, 0.3) is 5.91 Å². The highest BCUT2D eigenvalue weighted by molar-refractivity contribution is 7.14. The Kier molecular flexibility index (Phi) is 6.87. The van der Waals surface area contributed by atoms with Gasteiger partial charge < -0.3 is 14.9 Å². The number of pyridine rings is 1. The van der Waals surface area contributed by atoms with Gasteiger partial charge in [-0.05, 0) is 24.6 Å². The second kappa shape index (κ2) is 10.4. The van der Waals surface area contributed by atoms with Crippen LogP contribution in [0.15, 0.2) is 47.7 Å². The molecule has 2 aliphatic heterocycles. The van der Waals surface area contributed by atoms with Crippen LogP contribution >= 0.6 is 11.3 Å². The molecule has 1 aromatic carbocycles. The molecular formula is C28H28F2N8O3S. The molecule has 3 aromatic heterocycles. The number of anilines is 1. The molecule has 2 unspecified atom stereocenters. The van der Waals surface area contributed by atoms with Crippen LogP contribution in [-0.4, -0.2) is 73.1 Å². The van der Waals surface area contributed by atoms with E-state index in [1.54, 1.807) is 23.4 Å². The van der Waals surface area contributed by atoms with E-state index in [0.29, 0.717) is 37.0 Å². The molecule has 1 fully saturated rings. The summed E-state index contributed by atoms with van der Waals surface area (Å²) in [6.07, 6.45) is 5.49. The molecule has 4 aromatic rings. The van der Waals surface area contributed by atoms with Crippen LogP contribution in [0.3, 0.4) is 0 Å². The van der Waals surface area contributed by atoms with Crippen molar-refractivity contribution in [2.45, 2.75) is 32.4 Å². The van der Waals surface area contributed by atoms with Crippen molar-refractivity contribution >= 4 is 23.2 Å². The molecular weight excluding hydrogens is 566 g/mol. The Morgan fingerprint density at radius 2 is 1.93 bits per heavy atom. The van der Waals surface area contributed by atoms with E-state index in [0.717, 1.165) is 23.5 Å². The highest BCUT2D eigenvalue weighted by Gasteiger charge is 2.54. The highest BCUT2D eigenvalue weighted by Crippen LogP contribution is 2.41. The average Bonchev–Trinajstić information content (AvgIpc) is 3.44. The van der Waals surface area contributed by atoms with Crippen LogP contribution in [0.4, 0.5) is 14.7 Å². The zero-order valence-corrected chi connectivity index (χ0v) is 24.0. The molecule has 0 bridgehead atoms. The number of hydrogen-bond donors (Lipinski definition) is 1. The number of rotatable bonds is 5. The Morgan fingerprint density at radius 3 is 2.62 bits per heavy atom. The van der Waals surface area contributed by atoms with E-state index in [2.05, 4.69) is 32.0 Å². The predicted molar refractivity (Wildman–Crippen MR) is 152 cm³/mol. The van der Waals surface area contributed by atoms with E-state index < -0.39 is 34.4 Å². The predicted octanol–water partition coefficient (Wildman–Crippen LogP) is 3.02. The minimum atomic E-state index is -0.769. The van der Waals surface area contributed by atoms with Crippen molar-refractivity contribution in [3.63, 3.8) is 0 Å². The van der Waals surface area contributed by atoms with Crippen molar-refractivity contribution in [2.24, 2.45) is 5.92 Å². The van der Waals surface area contributed by atoms with Crippen LogP contribution in [0.5, 0.6) is 5.75 Å². The van der Waals surface area contributed by atoms with Crippen LogP contribution in [0.2, 0.25) is 0 Å². The summed E-state index contributed by atoms with van der Waals surface area (Å²) < 4.78 is 29.1. The quantitative estimate of drug-likeness (QED) is 0.372. The van der Waals surface area contributed by atoms with Gasteiger partial charge >= 0.3 is 0 Å². The fourth-order valence-electron chi connectivity index (χ4n) is 6.15. The summed E-state index contributed by atoms with van der Waals surface area (Å²) in [5.74, 6) is -1.98. The number of amides is 1. The number of hydrogen-bond acceptors (Lipinski definition) is 10. The first-order chi connectivity index (χ1) is 20.1. The minimum absolute atomic E-state index is 0.0497. The molecule has 11 nitrogen and oxygen atoms in total. The Morgan fingerprint density at radius 1 is 1.17 bits per heavy atom. The average molecular weight is 595 g/mol. The van der Waals surface area contributed by atoms with E-state index in [-0.39, 0.29) is 34.2 Å². The highest BCUT2D eigenvalue weighted by atomic mass is 32.1. The van der Waals surface area contributed by atoms with Crippen LogP contribution < -0.4 is 15.3 Å². The maximum absolute atomic E-state index is 14.2. The van der Waals surface area contributed by atoms with Crippen molar-refractivity contribution < 1.29 is 18.7 Å². The van der Waals surface area contributed by atoms with Gasteiger partial charge in [-0.3, -0.25) is 19.3 Å². The summed E-state index contributed by atoms with van der Waals surface area (Å²) in [5, 5.41) is 21.8. The molecule has 0 radical (unpaired) electrons. The van der Waals surface area contributed by atoms with Crippen LogP contribution in [0.1, 0.15) is 41.3 Å². The van der Waals surface area contributed by atoms with Gasteiger partial charge in [0, 0.05) is 70.1 Å². The monoisotopic (exact) mass is 594 g/mol. The maximum atomic E-state index is 14.2. The number of carbonyl (C=O) groups excluding carboxylic acids is 1. The lowest BCUT2D eigenvalue weighted by Crippen LogP contribution is -2.75. The normalized spacial score (nSPS) is 20.4. The van der Waals surface area contributed by atoms with E-state index >= 15 is 0 Å². The summed E-state index contributed by atoms with van der Waals surface area (Å²) in [4.78, 5) is 39.8. The van der Waals surface area contributed by atoms with Gasteiger partial charge in [0.2, 0.25) is 11.4 Å². The van der Waals surface area contributed by atoms with Gasteiger partial charge in [0.1, 0.15) is 22.3 Å². The lowest BCUT2D eigenvalue weighted by molar-refractivity contribution is -0.00259. The summed E-state index contributed by atoms with van der Waals surface area (Å²) in [6.45, 7) is 5.45. The number of aromatic hydroxyl groups is 1. The Labute approximate surface area is 243 Å². The molecule has 2 atom stereocenters. The number of halogens is 2. The second-order valence-electron chi connectivity index (χ2n) is 10.4. The number of fused-ring (bicyclic) bond motifs is 1. The van der Waals surface area contributed by atoms with Gasteiger partial charge in [0.05, 0.1) is 5.56 Å². The summed E-state index contributed by atoms with van der Waals surface area (Å²) in [6, 6.07) is 5.05. The molecule has 1 amide bonds. The van der Waals surface area contributed by atoms with Crippen LogP contribution in [-0.2, 0) is 6.42 Å². The Balaban J connectivity index is 1.38. The van der Waals surface area contributed by atoms with Crippen LogP contribution in [0, 0.1) is 17.6 Å². The molecule has 6 rings (SSSR count). The molecule has 2 aliphatic rings. The zero-order chi connectivity index (χ0) is 29.8. The molecule has 42 heavy (non-hydrogen) atoms. The van der Waals surface area contributed by atoms with Gasteiger partial charge in [-0.2, -0.15) is 0 Å². The Hall–Kier alpha value is -4.46. The minimum Gasteiger partial charge on any atom is -0.502 e. The number of benzene rings is 1. The fourth-order valence-corrected chi connectivity index (χ4v) is 7.02. The zero-order valence-electron chi connectivity index (χ0n) is 23.2. The lowest BCUT2D eigenvalue weighted by Gasteiger charge is -2.59. The molecule has 5 heterocycles. The summed E-state index contributed by atoms with van der Waals surface area (Å²) >= 11 is 1.06. The van der Waals surface area contributed by atoms with Crippen molar-refractivity contribution in [1.82, 2.24) is 29.7 Å². The summed E-state index contributed by atoms with van der Waals surface area (Å²) in [5.41, 5.74) is -1.36. The molecule has 14 heteroatoms. The van der Waals surface area contributed by atoms with Gasteiger partial charge in [-0.15, -0.1) is 10.2 Å². The van der Waals surface area contributed by atoms with E-state index in [4.69, 9.17) is 0 Å². The smallest absolute Gasteiger partial charge is 0.278 e. The standard InChI is InChI=1S/C28H28F2N8O3S/c1-4-37-26(41)22-24(40)23(39)19(25-34-33-21(42-25)12-17-6-7-18(29)13-20(17)30)15-38(22)35(3)28(37)8-11-36(14-16(28)2)27-31-9-5-10-32-27/h5-7,9-10,13,15-16,40H,4,8,11-12,14H2,1-3H3. The van der Waals surface area contributed by atoms with Gasteiger partial charge in [-0.1, -0.05) is 24.3 Å². The van der Waals surface area contributed by atoms with E-state index in [1.165, 1.54) is 16.9 Å². The molecule has 1 spiro atoms. The van der Waals surface area contributed by atoms with Crippen molar-refractivity contribution in [3.8, 4) is 16.3 Å². The van der Waals surface area contributed by atoms with Gasteiger partial charge in [0.15, 0.2) is 16.5 Å². The summed E-state index contributed by atoms with van der Waals surface area (Å²) in [7, 11) is 1.83.